The van der Waals surface area contributed by atoms with E-state index in [1.165, 1.54) is 15.6 Å². The fourth-order valence-corrected chi connectivity index (χ4v) is 4.83. The number of anilines is 2. The van der Waals surface area contributed by atoms with Crippen LogP contribution in [0.1, 0.15) is 12.0 Å². The summed E-state index contributed by atoms with van der Waals surface area (Å²) in [7, 11) is -3.50. The molecule has 1 N–H and O–H groups in total. The Morgan fingerprint density at radius 1 is 1.17 bits per heavy atom. The molecule has 0 radical (unpaired) electrons. The zero-order chi connectivity index (χ0) is 21.3. The molecule has 3 aromatic rings. The summed E-state index contributed by atoms with van der Waals surface area (Å²) in [6, 6.07) is 14.7. The van der Waals surface area contributed by atoms with Crippen LogP contribution in [-0.4, -0.2) is 43.4 Å². The Bertz CT molecular complexity index is 1180. The lowest BCUT2D eigenvalue weighted by Crippen LogP contribution is -2.35. The second-order valence-corrected chi connectivity index (χ2v) is 9.85. The van der Waals surface area contributed by atoms with Gasteiger partial charge in [-0.15, -0.1) is 10.2 Å². The zero-order valence-electron chi connectivity index (χ0n) is 16.4. The van der Waals surface area contributed by atoms with E-state index in [-0.39, 0.29) is 13.0 Å². The van der Waals surface area contributed by atoms with Crippen molar-refractivity contribution in [1.29, 1.82) is 0 Å². The molecule has 1 aliphatic rings. The zero-order valence-corrected chi connectivity index (χ0v) is 18.0. The fraction of sp³-hybridized carbons (Fsp3) is 0.250. The number of amides is 1. The third-order valence-corrected chi connectivity index (χ3v) is 6.71. The Morgan fingerprint density at radius 3 is 2.63 bits per heavy atom. The van der Waals surface area contributed by atoms with Gasteiger partial charge in [0.15, 0.2) is 6.10 Å². The molecule has 156 valence electrons. The molecule has 1 amide bonds. The van der Waals surface area contributed by atoms with E-state index in [4.69, 9.17) is 4.74 Å². The second kappa shape index (κ2) is 8.04. The number of fused-ring (bicyclic) bond motifs is 1. The molecule has 0 aliphatic carbocycles. The van der Waals surface area contributed by atoms with E-state index in [0.29, 0.717) is 21.6 Å². The van der Waals surface area contributed by atoms with E-state index in [1.54, 1.807) is 24.3 Å². The van der Waals surface area contributed by atoms with Gasteiger partial charge in [0.2, 0.25) is 15.2 Å². The highest BCUT2D eigenvalue weighted by molar-refractivity contribution is 7.92. The first-order valence-electron chi connectivity index (χ1n) is 9.26. The maximum atomic E-state index is 12.8. The van der Waals surface area contributed by atoms with Gasteiger partial charge in [-0.2, -0.15) is 0 Å². The predicted molar refractivity (Wildman–Crippen MR) is 116 cm³/mol. The third kappa shape index (κ3) is 4.29. The lowest BCUT2D eigenvalue weighted by atomic mass is 10.2. The van der Waals surface area contributed by atoms with Gasteiger partial charge >= 0.3 is 0 Å². The van der Waals surface area contributed by atoms with Crippen LogP contribution >= 0.6 is 11.3 Å². The molecular formula is C20H20N4O4S2. The molecule has 30 heavy (non-hydrogen) atoms. The standard InChI is InChI=1S/C20H20N4O4S2/c1-13-7-9-14(10-8-13)19-22-23-20(29-19)21-18(25)17-11-12-24(30(2,26)27)15-5-3-4-6-16(15)28-17/h3-10,17H,11-12H2,1-2H3,(H,21,23,25)/t17-/m1/s1. The number of benzene rings is 2. The molecule has 0 spiro atoms. The summed E-state index contributed by atoms with van der Waals surface area (Å²) in [5, 5.41) is 12.0. The molecule has 1 atom stereocenters. The molecule has 0 fully saturated rings. The molecule has 0 saturated carbocycles. The van der Waals surface area contributed by atoms with Gasteiger partial charge in [-0.1, -0.05) is 53.3 Å². The first kappa shape index (κ1) is 20.3. The van der Waals surface area contributed by atoms with Crippen molar-refractivity contribution in [2.24, 2.45) is 0 Å². The van der Waals surface area contributed by atoms with Crippen LogP contribution in [0, 0.1) is 6.92 Å². The van der Waals surface area contributed by atoms with Crippen molar-refractivity contribution in [3.8, 4) is 16.3 Å². The van der Waals surface area contributed by atoms with Gasteiger partial charge in [0.1, 0.15) is 10.8 Å². The Labute approximate surface area is 178 Å². The molecule has 0 bridgehead atoms. The number of para-hydroxylation sites is 2. The lowest BCUT2D eigenvalue weighted by Gasteiger charge is -2.20. The summed E-state index contributed by atoms with van der Waals surface area (Å²) in [5.41, 5.74) is 2.49. The van der Waals surface area contributed by atoms with Gasteiger partial charge in [-0.05, 0) is 19.1 Å². The van der Waals surface area contributed by atoms with Crippen LogP contribution in [0.3, 0.4) is 0 Å². The van der Waals surface area contributed by atoms with Gasteiger partial charge < -0.3 is 4.74 Å². The number of nitrogens with zero attached hydrogens (tertiary/aromatic N) is 3. The van der Waals surface area contributed by atoms with E-state index in [0.717, 1.165) is 17.4 Å². The van der Waals surface area contributed by atoms with Crippen molar-refractivity contribution in [2.45, 2.75) is 19.4 Å². The average Bonchev–Trinajstić information content (AvgIpc) is 3.06. The minimum atomic E-state index is -3.50. The van der Waals surface area contributed by atoms with Crippen molar-refractivity contribution in [3.63, 3.8) is 0 Å². The topological polar surface area (TPSA) is 101 Å². The van der Waals surface area contributed by atoms with E-state index in [1.807, 2.05) is 31.2 Å². The maximum Gasteiger partial charge on any atom is 0.267 e. The summed E-state index contributed by atoms with van der Waals surface area (Å²) in [4.78, 5) is 12.8. The number of rotatable bonds is 4. The lowest BCUT2D eigenvalue weighted by molar-refractivity contribution is -0.122. The van der Waals surface area contributed by atoms with Gasteiger partial charge in [-0.25, -0.2) is 8.42 Å². The molecule has 4 rings (SSSR count). The van der Waals surface area contributed by atoms with Gasteiger partial charge in [0, 0.05) is 18.5 Å². The van der Waals surface area contributed by atoms with Gasteiger partial charge in [-0.3, -0.25) is 14.4 Å². The number of hydrogen-bond acceptors (Lipinski definition) is 7. The van der Waals surface area contributed by atoms with Crippen LogP contribution in [0.25, 0.3) is 10.6 Å². The summed E-state index contributed by atoms with van der Waals surface area (Å²) in [5.74, 6) is -0.0510. The smallest absolute Gasteiger partial charge is 0.267 e. The normalized spacial score (nSPS) is 16.3. The van der Waals surface area contributed by atoms with Crippen LogP contribution in [0.4, 0.5) is 10.8 Å². The number of aromatic nitrogens is 2. The van der Waals surface area contributed by atoms with Crippen LogP contribution in [0.5, 0.6) is 5.75 Å². The molecule has 10 heteroatoms. The largest absolute Gasteiger partial charge is 0.478 e. The minimum absolute atomic E-state index is 0.138. The van der Waals surface area contributed by atoms with Crippen LogP contribution in [0.2, 0.25) is 0 Å². The van der Waals surface area contributed by atoms with Gasteiger partial charge in [0.25, 0.3) is 5.91 Å². The molecule has 0 saturated heterocycles. The first-order valence-corrected chi connectivity index (χ1v) is 11.9. The number of carbonyl (C=O) groups is 1. The van der Waals surface area contributed by atoms with Crippen LogP contribution < -0.4 is 14.4 Å². The fourth-order valence-electron chi connectivity index (χ4n) is 3.13. The number of aryl methyl sites for hydroxylation is 1. The number of hydrogen-bond donors (Lipinski definition) is 1. The molecule has 2 aromatic carbocycles. The molecule has 2 heterocycles. The van der Waals surface area contributed by atoms with E-state index in [9.17, 15) is 13.2 Å². The highest BCUT2D eigenvalue weighted by Gasteiger charge is 2.31. The average molecular weight is 445 g/mol. The number of sulfonamides is 1. The van der Waals surface area contributed by atoms with Crippen molar-refractivity contribution >= 4 is 38.1 Å². The van der Waals surface area contributed by atoms with Crippen molar-refractivity contribution in [1.82, 2.24) is 10.2 Å². The molecule has 0 unspecified atom stereocenters. The van der Waals surface area contributed by atoms with Crippen LogP contribution in [0.15, 0.2) is 48.5 Å². The quantitative estimate of drug-likeness (QED) is 0.664. The Balaban J connectivity index is 1.51. The second-order valence-electron chi connectivity index (χ2n) is 6.97. The number of carbonyl (C=O) groups excluding carboxylic acids is 1. The summed E-state index contributed by atoms with van der Waals surface area (Å²) >= 11 is 1.26. The van der Waals surface area contributed by atoms with Crippen LogP contribution in [-0.2, 0) is 14.8 Å². The van der Waals surface area contributed by atoms with Crippen molar-refractivity contribution < 1.29 is 17.9 Å². The van der Waals surface area contributed by atoms with Gasteiger partial charge in [0.05, 0.1) is 11.9 Å². The molecule has 1 aromatic heterocycles. The first-order chi connectivity index (χ1) is 14.3. The Kier molecular flexibility index (Phi) is 5.44. The Hall–Kier alpha value is -2.98. The minimum Gasteiger partial charge on any atom is -0.478 e. The summed E-state index contributed by atoms with van der Waals surface area (Å²) in [6.45, 7) is 2.14. The number of ether oxygens (including phenoxy) is 1. The highest BCUT2D eigenvalue weighted by Crippen LogP contribution is 2.34. The number of nitrogens with one attached hydrogen (secondary N) is 1. The van der Waals surface area contributed by atoms with E-state index >= 15 is 0 Å². The van der Waals surface area contributed by atoms with E-state index < -0.39 is 22.0 Å². The third-order valence-electron chi connectivity index (χ3n) is 4.64. The maximum absolute atomic E-state index is 12.8. The van der Waals surface area contributed by atoms with E-state index in [2.05, 4.69) is 15.5 Å². The summed E-state index contributed by atoms with van der Waals surface area (Å²) in [6.07, 6.45) is 0.486. The van der Waals surface area contributed by atoms with Crippen molar-refractivity contribution in [2.75, 3.05) is 22.4 Å². The SMILES string of the molecule is Cc1ccc(-c2nnc(NC(=O)[C@H]3CCN(S(C)(=O)=O)c4ccccc4O3)s2)cc1. The summed E-state index contributed by atoms with van der Waals surface area (Å²) < 4.78 is 31.5. The predicted octanol–water partition coefficient (Wildman–Crippen LogP) is 3.07. The molecular weight excluding hydrogens is 424 g/mol. The monoisotopic (exact) mass is 444 g/mol. The molecule has 1 aliphatic heterocycles. The Morgan fingerprint density at radius 2 is 1.90 bits per heavy atom. The molecule has 8 nitrogen and oxygen atoms in total. The highest BCUT2D eigenvalue weighted by atomic mass is 32.2. The van der Waals surface area contributed by atoms with Crippen molar-refractivity contribution in [3.05, 3.63) is 54.1 Å².